The van der Waals surface area contributed by atoms with Crippen LogP contribution in [0, 0.1) is 17.0 Å². The molecule has 1 amide bonds. The number of aromatic nitrogens is 1. The first-order chi connectivity index (χ1) is 11.8. The molecule has 0 spiro atoms. The van der Waals surface area contributed by atoms with E-state index in [0.717, 1.165) is 16.7 Å². The maximum absolute atomic E-state index is 12.5. The second kappa shape index (κ2) is 7.35. The van der Waals surface area contributed by atoms with E-state index in [1.165, 1.54) is 27.0 Å². The summed E-state index contributed by atoms with van der Waals surface area (Å²) in [5.74, 6) is -0.140. The van der Waals surface area contributed by atoms with Crippen LogP contribution >= 0.6 is 11.6 Å². The summed E-state index contributed by atoms with van der Waals surface area (Å²) in [5, 5.41) is 14.1. The SMILES string of the molecule is COc1ccc(Cl)cc1NC(=O)C(C)n1c(C)c([N+](=O)[O-])ccc1=O. The highest BCUT2D eigenvalue weighted by Crippen LogP contribution is 2.28. The van der Waals surface area contributed by atoms with Gasteiger partial charge in [0.2, 0.25) is 5.91 Å². The Balaban J connectivity index is 2.39. The van der Waals surface area contributed by atoms with Crippen LogP contribution in [-0.2, 0) is 4.79 Å². The highest BCUT2D eigenvalue weighted by atomic mass is 35.5. The lowest BCUT2D eigenvalue weighted by atomic mass is 10.2. The van der Waals surface area contributed by atoms with Crippen LogP contribution in [0.5, 0.6) is 5.75 Å². The van der Waals surface area contributed by atoms with Gasteiger partial charge in [0.05, 0.1) is 23.4 Å². The normalized spacial score (nSPS) is 11.7. The van der Waals surface area contributed by atoms with Crippen molar-refractivity contribution >= 4 is 28.9 Å². The molecule has 1 aromatic heterocycles. The fourth-order valence-electron chi connectivity index (χ4n) is 2.45. The number of ether oxygens (including phenoxy) is 1. The quantitative estimate of drug-likeness (QED) is 0.648. The van der Waals surface area contributed by atoms with Gasteiger partial charge < -0.3 is 10.1 Å². The monoisotopic (exact) mass is 365 g/mol. The first-order valence-electron chi connectivity index (χ1n) is 7.27. The Morgan fingerprint density at radius 1 is 1.36 bits per heavy atom. The van der Waals surface area contributed by atoms with E-state index in [2.05, 4.69) is 5.32 Å². The summed E-state index contributed by atoms with van der Waals surface area (Å²) >= 11 is 5.92. The molecule has 0 aliphatic heterocycles. The number of hydrogen-bond acceptors (Lipinski definition) is 5. The lowest BCUT2D eigenvalue weighted by Crippen LogP contribution is -2.33. The summed E-state index contributed by atoms with van der Waals surface area (Å²) in [6.07, 6.45) is 0. The zero-order valence-electron chi connectivity index (χ0n) is 13.8. The molecule has 2 aromatic rings. The van der Waals surface area contributed by atoms with Crippen LogP contribution < -0.4 is 15.6 Å². The Morgan fingerprint density at radius 2 is 2.04 bits per heavy atom. The lowest BCUT2D eigenvalue weighted by molar-refractivity contribution is -0.386. The molecule has 132 valence electrons. The molecule has 9 heteroatoms. The number of nitrogens with one attached hydrogen (secondary N) is 1. The predicted molar refractivity (Wildman–Crippen MR) is 93.4 cm³/mol. The Hall–Kier alpha value is -2.87. The Labute approximate surface area is 148 Å². The number of methoxy groups -OCH3 is 1. The van der Waals surface area contributed by atoms with Gasteiger partial charge in [-0.25, -0.2) is 0 Å². The number of amides is 1. The topological polar surface area (TPSA) is 103 Å². The smallest absolute Gasteiger partial charge is 0.288 e. The standard InChI is InChI=1S/C16H16ClN3O5/c1-9-13(20(23)24)5-7-15(21)19(9)10(2)16(22)18-12-8-11(17)4-6-14(12)25-3/h4-8,10H,1-3H3,(H,18,22). The Bertz CT molecular complexity index is 894. The van der Waals surface area contributed by atoms with Crippen LogP contribution in [0.4, 0.5) is 11.4 Å². The van der Waals surface area contributed by atoms with Crippen molar-refractivity contribution in [1.29, 1.82) is 0 Å². The number of halogens is 1. The second-order valence-electron chi connectivity index (χ2n) is 5.28. The molecule has 0 aliphatic rings. The van der Waals surface area contributed by atoms with E-state index in [1.807, 2.05) is 0 Å². The number of carbonyl (C=O) groups is 1. The van der Waals surface area contributed by atoms with Crippen molar-refractivity contribution in [2.75, 3.05) is 12.4 Å². The van der Waals surface area contributed by atoms with Gasteiger partial charge in [-0.15, -0.1) is 0 Å². The number of rotatable bonds is 5. The van der Waals surface area contributed by atoms with Gasteiger partial charge in [-0.2, -0.15) is 0 Å². The number of pyridine rings is 1. The third kappa shape index (κ3) is 3.80. The summed E-state index contributed by atoms with van der Waals surface area (Å²) in [6.45, 7) is 2.90. The van der Waals surface area contributed by atoms with Gasteiger partial charge >= 0.3 is 0 Å². The zero-order valence-corrected chi connectivity index (χ0v) is 14.5. The van der Waals surface area contributed by atoms with E-state index in [4.69, 9.17) is 16.3 Å². The zero-order chi connectivity index (χ0) is 18.7. The molecule has 0 saturated heterocycles. The summed E-state index contributed by atoms with van der Waals surface area (Å²) in [7, 11) is 1.44. The van der Waals surface area contributed by atoms with Gasteiger partial charge in [0.1, 0.15) is 11.8 Å². The number of anilines is 1. The van der Waals surface area contributed by atoms with E-state index >= 15 is 0 Å². The van der Waals surface area contributed by atoms with E-state index in [-0.39, 0.29) is 11.4 Å². The number of nitro groups is 1. The fourth-order valence-corrected chi connectivity index (χ4v) is 2.62. The second-order valence-corrected chi connectivity index (χ2v) is 5.72. The molecule has 0 saturated carbocycles. The van der Waals surface area contributed by atoms with Crippen LogP contribution in [-0.4, -0.2) is 22.5 Å². The maximum Gasteiger partial charge on any atom is 0.288 e. The van der Waals surface area contributed by atoms with E-state index in [0.29, 0.717) is 16.5 Å². The molecule has 0 radical (unpaired) electrons. The highest BCUT2D eigenvalue weighted by Gasteiger charge is 2.23. The summed E-state index contributed by atoms with van der Waals surface area (Å²) in [4.78, 5) is 35.1. The molecule has 2 rings (SSSR count). The van der Waals surface area contributed by atoms with Crippen LogP contribution in [0.1, 0.15) is 18.7 Å². The first kappa shape index (κ1) is 18.5. The minimum absolute atomic E-state index is 0.0956. The molecule has 1 N–H and O–H groups in total. The molecule has 0 aliphatic carbocycles. The fraction of sp³-hybridized carbons (Fsp3) is 0.250. The minimum Gasteiger partial charge on any atom is -0.495 e. The van der Waals surface area contributed by atoms with Crippen molar-refractivity contribution in [2.24, 2.45) is 0 Å². The molecule has 1 aromatic carbocycles. The largest absolute Gasteiger partial charge is 0.495 e. The highest BCUT2D eigenvalue weighted by molar-refractivity contribution is 6.31. The predicted octanol–water partition coefficient (Wildman–Crippen LogP) is 2.93. The third-order valence-electron chi connectivity index (χ3n) is 3.74. The van der Waals surface area contributed by atoms with E-state index in [9.17, 15) is 19.7 Å². The van der Waals surface area contributed by atoms with Gasteiger partial charge in [-0.1, -0.05) is 11.6 Å². The van der Waals surface area contributed by atoms with Crippen molar-refractivity contribution in [2.45, 2.75) is 19.9 Å². The summed E-state index contributed by atoms with van der Waals surface area (Å²) in [5.41, 5.74) is -0.315. The molecule has 1 atom stereocenters. The summed E-state index contributed by atoms with van der Waals surface area (Å²) in [6, 6.07) is 5.92. The average molecular weight is 366 g/mol. The van der Waals surface area contributed by atoms with Gasteiger partial charge in [0.25, 0.3) is 11.2 Å². The minimum atomic E-state index is -0.976. The molecule has 1 unspecified atom stereocenters. The molecule has 8 nitrogen and oxygen atoms in total. The van der Waals surface area contributed by atoms with Crippen LogP contribution in [0.3, 0.4) is 0 Å². The third-order valence-corrected chi connectivity index (χ3v) is 3.97. The van der Waals surface area contributed by atoms with Gasteiger partial charge in [0.15, 0.2) is 0 Å². The van der Waals surface area contributed by atoms with Crippen LogP contribution in [0.25, 0.3) is 0 Å². The first-order valence-corrected chi connectivity index (χ1v) is 7.65. The summed E-state index contributed by atoms with van der Waals surface area (Å²) < 4.78 is 6.23. The Morgan fingerprint density at radius 3 is 2.64 bits per heavy atom. The molecule has 0 fully saturated rings. The molecule has 0 bridgehead atoms. The van der Waals surface area contributed by atoms with Gasteiger partial charge in [-0.05, 0) is 32.0 Å². The van der Waals surface area contributed by atoms with Crippen molar-refractivity contribution in [3.8, 4) is 5.75 Å². The van der Waals surface area contributed by atoms with Crippen molar-refractivity contribution in [1.82, 2.24) is 4.57 Å². The number of nitrogens with zero attached hydrogens (tertiary/aromatic N) is 2. The van der Waals surface area contributed by atoms with Gasteiger partial charge in [-0.3, -0.25) is 24.3 Å². The Kier molecular flexibility index (Phi) is 5.43. The van der Waals surface area contributed by atoms with E-state index in [1.54, 1.807) is 12.1 Å². The molecular weight excluding hydrogens is 350 g/mol. The van der Waals surface area contributed by atoms with Crippen molar-refractivity contribution < 1.29 is 14.5 Å². The average Bonchev–Trinajstić information content (AvgIpc) is 2.54. The molecule has 25 heavy (non-hydrogen) atoms. The van der Waals surface area contributed by atoms with Crippen molar-refractivity contribution in [3.05, 3.63) is 61.5 Å². The molecular formula is C16H16ClN3O5. The van der Waals surface area contributed by atoms with Crippen LogP contribution in [0.15, 0.2) is 35.1 Å². The van der Waals surface area contributed by atoms with E-state index < -0.39 is 22.4 Å². The maximum atomic E-state index is 12.5. The van der Waals surface area contributed by atoms with Crippen LogP contribution in [0.2, 0.25) is 5.02 Å². The number of benzene rings is 1. The number of carbonyl (C=O) groups excluding carboxylic acids is 1. The lowest BCUT2D eigenvalue weighted by Gasteiger charge is -2.18. The van der Waals surface area contributed by atoms with Gasteiger partial charge in [0, 0.05) is 17.2 Å². The molecule has 1 heterocycles. The number of hydrogen-bond donors (Lipinski definition) is 1. The van der Waals surface area contributed by atoms with Crippen molar-refractivity contribution in [3.63, 3.8) is 0 Å².